The van der Waals surface area contributed by atoms with Crippen LogP contribution in [0.3, 0.4) is 0 Å². The normalized spacial score (nSPS) is 14.6. The monoisotopic (exact) mass is 368 g/mol. The maximum atomic E-state index is 12.8. The summed E-state index contributed by atoms with van der Waals surface area (Å²) in [6.07, 6.45) is 1.73. The summed E-state index contributed by atoms with van der Waals surface area (Å²) in [6.45, 7) is 2.09. The summed E-state index contributed by atoms with van der Waals surface area (Å²) >= 11 is 0. The van der Waals surface area contributed by atoms with Gasteiger partial charge in [-0.3, -0.25) is 4.79 Å². The number of ketones is 1. The number of hydrogen-bond acceptors (Lipinski definition) is 4. The molecule has 4 aromatic carbocycles. The summed E-state index contributed by atoms with van der Waals surface area (Å²) in [7, 11) is 0. The summed E-state index contributed by atoms with van der Waals surface area (Å²) < 4.78 is 5.66. The lowest BCUT2D eigenvalue weighted by Gasteiger charge is -2.12. The molecule has 1 aliphatic rings. The van der Waals surface area contributed by atoms with Gasteiger partial charge in [0, 0.05) is 0 Å². The number of benzene rings is 4. The van der Waals surface area contributed by atoms with Crippen LogP contribution in [0.1, 0.15) is 21.5 Å². The van der Waals surface area contributed by atoms with Crippen LogP contribution < -0.4 is 4.74 Å². The van der Waals surface area contributed by atoms with Crippen molar-refractivity contribution in [3.05, 3.63) is 83.1 Å². The van der Waals surface area contributed by atoms with E-state index < -0.39 is 5.75 Å². The number of aryl methyl sites for hydroxylation is 1. The molecule has 0 aliphatic carbocycles. The number of aromatic hydroxyl groups is 2. The Morgan fingerprint density at radius 1 is 0.821 bits per heavy atom. The van der Waals surface area contributed by atoms with Gasteiger partial charge < -0.3 is 14.9 Å². The van der Waals surface area contributed by atoms with Gasteiger partial charge in [0.25, 0.3) is 0 Å². The van der Waals surface area contributed by atoms with Gasteiger partial charge in [-0.2, -0.15) is 0 Å². The number of carbonyl (C=O) groups excluding carboxylic acids is 1. The van der Waals surface area contributed by atoms with Crippen LogP contribution >= 0.6 is 0 Å². The van der Waals surface area contributed by atoms with Gasteiger partial charge in [-0.15, -0.1) is 0 Å². The van der Waals surface area contributed by atoms with E-state index in [-0.39, 0.29) is 28.6 Å². The van der Waals surface area contributed by atoms with Gasteiger partial charge in [0.2, 0.25) is 11.5 Å². The maximum absolute atomic E-state index is 12.8. The zero-order valence-electron chi connectivity index (χ0n) is 15.1. The van der Waals surface area contributed by atoms with E-state index in [1.165, 1.54) is 17.7 Å². The molecule has 28 heavy (non-hydrogen) atoms. The third-order valence-electron chi connectivity index (χ3n) is 5.31. The van der Waals surface area contributed by atoms with E-state index >= 15 is 0 Å². The van der Waals surface area contributed by atoms with E-state index in [4.69, 9.17) is 4.74 Å². The molecule has 0 aromatic heterocycles. The molecule has 136 valence electrons. The molecule has 0 fully saturated rings. The average molecular weight is 368 g/mol. The zero-order chi connectivity index (χ0) is 19.4. The van der Waals surface area contributed by atoms with E-state index in [0.29, 0.717) is 0 Å². The largest absolute Gasteiger partial charge is 0.504 e. The number of allylic oxidation sites excluding steroid dienone is 1. The van der Waals surface area contributed by atoms with Crippen LogP contribution in [0.15, 0.2) is 66.4 Å². The second-order valence-corrected chi connectivity index (χ2v) is 6.88. The number of hydrogen-bond donors (Lipinski definition) is 2. The van der Waals surface area contributed by atoms with Crippen molar-refractivity contribution in [2.75, 3.05) is 0 Å². The Morgan fingerprint density at radius 3 is 2.00 bits per heavy atom. The number of phenolic OH excluding ortho intramolecular Hbond substituents is 2. The summed E-state index contributed by atoms with van der Waals surface area (Å²) in [6, 6.07) is 18.8. The molecule has 4 heteroatoms. The minimum absolute atomic E-state index is 0.00280. The molecule has 0 saturated heterocycles. The van der Waals surface area contributed by atoms with Gasteiger partial charge in [0.15, 0.2) is 17.3 Å². The predicted octanol–water partition coefficient (Wildman–Crippen LogP) is 5.33. The molecule has 1 heterocycles. The first-order chi connectivity index (χ1) is 13.6. The lowest BCUT2D eigenvalue weighted by atomic mass is 9.92. The molecule has 0 amide bonds. The van der Waals surface area contributed by atoms with E-state index in [1.54, 1.807) is 6.08 Å². The first-order valence-electron chi connectivity index (χ1n) is 8.95. The van der Waals surface area contributed by atoms with Crippen molar-refractivity contribution in [2.24, 2.45) is 0 Å². The van der Waals surface area contributed by atoms with Gasteiger partial charge in [0.1, 0.15) is 0 Å². The van der Waals surface area contributed by atoms with Gasteiger partial charge in [0.05, 0.1) is 5.56 Å². The minimum atomic E-state index is -0.423. The molecule has 0 bridgehead atoms. The number of phenols is 2. The highest BCUT2D eigenvalue weighted by Crippen LogP contribution is 2.44. The Morgan fingerprint density at radius 2 is 1.39 bits per heavy atom. The lowest BCUT2D eigenvalue weighted by Crippen LogP contribution is -1.99. The van der Waals surface area contributed by atoms with Crippen LogP contribution in [0.5, 0.6) is 17.2 Å². The quantitative estimate of drug-likeness (QED) is 0.271. The fourth-order valence-corrected chi connectivity index (χ4v) is 3.89. The van der Waals surface area contributed by atoms with E-state index in [2.05, 4.69) is 19.1 Å². The predicted molar refractivity (Wildman–Crippen MR) is 109 cm³/mol. The Hall–Kier alpha value is -3.79. The van der Waals surface area contributed by atoms with Crippen LogP contribution in [0.2, 0.25) is 0 Å². The molecule has 5 rings (SSSR count). The lowest BCUT2D eigenvalue weighted by molar-refractivity contribution is 0.101. The molecule has 2 N–H and O–H groups in total. The standard InChI is InChI=1S/C24H16O4/c1-13-14-6-2-4-8-16(14)19(17-9-5-3-7-15(13)17)12-21-22(26)18-10-11-20(25)23(27)24(18)28-21/h2-12,25,27H,1H3/b21-12-. The fourth-order valence-electron chi connectivity index (χ4n) is 3.89. The zero-order valence-corrected chi connectivity index (χ0v) is 15.1. The molecular weight excluding hydrogens is 352 g/mol. The smallest absolute Gasteiger partial charge is 0.232 e. The van der Waals surface area contributed by atoms with Crippen LogP contribution in [0.25, 0.3) is 27.6 Å². The average Bonchev–Trinajstić information content (AvgIpc) is 3.04. The van der Waals surface area contributed by atoms with Crippen molar-refractivity contribution in [3.8, 4) is 17.2 Å². The summed E-state index contributed by atoms with van der Waals surface area (Å²) in [5.74, 6) is -0.946. The Labute approximate surface area is 160 Å². The number of Topliss-reactive ketones (excluding diaryl/α,β-unsaturated/α-hetero) is 1. The van der Waals surface area contributed by atoms with Crippen LogP contribution in [0.4, 0.5) is 0 Å². The van der Waals surface area contributed by atoms with E-state index in [1.807, 2.05) is 36.4 Å². The van der Waals surface area contributed by atoms with Gasteiger partial charge in [-0.1, -0.05) is 48.5 Å². The summed E-state index contributed by atoms with van der Waals surface area (Å²) in [5.41, 5.74) is 2.30. The highest BCUT2D eigenvalue weighted by molar-refractivity contribution is 6.18. The summed E-state index contributed by atoms with van der Waals surface area (Å²) in [5, 5.41) is 24.0. The molecular formula is C24H16O4. The highest BCUT2D eigenvalue weighted by atomic mass is 16.5. The van der Waals surface area contributed by atoms with Gasteiger partial charge in [-0.05, 0) is 57.8 Å². The maximum Gasteiger partial charge on any atom is 0.232 e. The van der Waals surface area contributed by atoms with Crippen molar-refractivity contribution in [1.29, 1.82) is 0 Å². The molecule has 0 saturated carbocycles. The Bertz CT molecular complexity index is 1270. The number of ether oxygens (including phenoxy) is 1. The van der Waals surface area contributed by atoms with E-state index in [9.17, 15) is 15.0 Å². The van der Waals surface area contributed by atoms with Gasteiger partial charge in [-0.25, -0.2) is 0 Å². The van der Waals surface area contributed by atoms with Crippen LogP contribution in [-0.4, -0.2) is 16.0 Å². The van der Waals surface area contributed by atoms with Crippen molar-refractivity contribution in [1.82, 2.24) is 0 Å². The highest BCUT2D eigenvalue weighted by Gasteiger charge is 2.31. The van der Waals surface area contributed by atoms with Crippen molar-refractivity contribution in [3.63, 3.8) is 0 Å². The Kier molecular flexibility index (Phi) is 3.43. The molecule has 0 atom stereocenters. The van der Waals surface area contributed by atoms with Crippen molar-refractivity contribution >= 4 is 33.4 Å². The van der Waals surface area contributed by atoms with Crippen LogP contribution in [0, 0.1) is 6.92 Å². The van der Waals surface area contributed by atoms with Crippen molar-refractivity contribution < 1.29 is 19.7 Å². The molecule has 4 aromatic rings. The second-order valence-electron chi connectivity index (χ2n) is 6.88. The van der Waals surface area contributed by atoms with E-state index in [0.717, 1.165) is 27.1 Å². The number of rotatable bonds is 1. The molecule has 0 radical (unpaired) electrons. The molecule has 1 aliphatic heterocycles. The topological polar surface area (TPSA) is 66.8 Å². The molecule has 0 unspecified atom stereocenters. The third-order valence-corrected chi connectivity index (χ3v) is 5.31. The van der Waals surface area contributed by atoms with Gasteiger partial charge >= 0.3 is 0 Å². The first-order valence-corrected chi connectivity index (χ1v) is 8.95. The summed E-state index contributed by atoms with van der Waals surface area (Å²) in [4.78, 5) is 12.8. The van der Waals surface area contributed by atoms with Crippen LogP contribution in [-0.2, 0) is 0 Å². The third kappa shape index (κ3) is 2.21. The second kappa shape index (κ2) is 5.86. The first kappa shape index (κ1) is 16.4. The SMILES string of the molecule is Cc1c2ccccc2c(/C=C2\Oc3c(ccc(O)c3O)C2=O)c2ccccc12. The number of fused-ring (bicyclic) bond motifs is 3. The Balaban J connectivity index is 1.80. The van der Waals surface area contributed by atoms with Crippen molar-refractivity contribution in [2.45, 2.75) is 6.92 Å². The molecule has 0 spiro atoms. The minimum Gasteiger partial charge on any atom is -0.504 e. The molecule has 4 nitrogen and oxygen atoms in total. The number of carbonyl (C=O) groups is 1. The fraction of sp³-hybridized carbons (Fsp3) is 0.0417.